The minimum absolute atomic E-state index is 0.0407. The Hall–Kier alpha value is -2.68. The van der Waals surface area contributed by atoms with Crippen LogP contribution in [0.4, 0.5) is 11.4 Å². The Bertz CT molecular complexity index is 861. The third-order valence-corrected chi connectivity index (χ3v) is 5.64. The maximum absolute atomic E-state index is 13.2. The third kappa shape index (κ3) is 2.56. The Labute approximate surface area is 161 Å². The van der Waals surface area contributed by atoms with Crippen molar-refractivity contribution in [1.82, 2.24) is 0 Å². The van der Waals surface area contributed by atoms with E-state index in [-0.39, 0.29) is 18.2 Å². The van der Waals surface area contributed by atoms with Crippen LogP contribution in [0.1, 0.15) is 33.3 Å². The average molecular weight is 390 g/mol. The molecule has 3 aliphatic heterocycles. The number of benzene rings is 1. The Morgan fingerprint density at radius 3 is 2.43 bits per heavy atom. The molecule has 3 heterocycles. The van der Waals surface area contributed by atoms with E-state index >= 15 is 0 Å². The van der Waals surface area contributed by atoms with Gasteiger partial charge in [-0.3, -0.25) is 19.7 Å². The highest BCUT2D eigenvalue weighted by molar-refractivity contribution is 6.04. The van der Waals surface area contributed by atoms with Crippen LogP contribution < -0.4 is 4.90 Å². The highest BCUT2D eigenvalue weighted by Gasteiger charge is 2.66. The van der Waals surface area contributed by atoms with Crippen LogP contribution in [0, 0.1) is 15.5 Å². The van der Waals surface area contributed by atoms with Gasteiger partial charge in [0.25, 0.3) is 11.5 Å². The molecule has 3 atom stereocenters. The van der Waals surface area contributed by atoms with Crippen LogP contribution in [0.5, 0.6) is 0 Å². The molecular weight excluding hydrogens is 368 g/mol. The summed E-state index contributed by atoms with van der Waals surface area (Å²) >= 11 is 0. The van der Waals surface area contributed by atoms with Gasteiger partial charge in [0.1, 0.15) is 0 Å². The van der Waals surface area contributed by atoms with Crippen LogP contribution in [0.3, 0.4) is 0 Å². The molecule has 0 N–H and O–H groups in total. The maximum atomic E-state index is 13.2. The van der Waals surface area contributed by atoms with Gasteiger partial charge in [0.2, 0.25) is 0 Å². The lowest BCUT2D eigenvalue weighted by Gasteiger charge is -2.55. The topological polar surface area (TPSA) is 108 Å². The van der Waals surface area contributed by atoms with Crippen molar-refractivity contribution in [2.75, 3.05) is 11.4 Å². The second-order valence-electron chi connectivity index (χ2n) is 8.15. The Morgan fingerprint density at radius 1 is 1.18 bits per heavy atom. The van der Waals surface area contributed by atoms with Gasteiger partial charge in [-0.05, 0) is 25.5 Å². The zero-order chi connectivity index (χ0) is 20.4. The third-order valence-electron chi connectivity index (χ3n) is 5.64. The van der Waals surface area contributed by atoms with E-state index in [0.717, 1.165) is 5.69 Å². The number of rotatable bonds is 1. The zero-order valence-electron chi connectivity index (χ0n) is 16.1. The minimum atomic E-state index is -1.64. The van der Waals surface area contributed by atoms with Crippen molar-refractivity contribution >= 4 is 23.3 Å². The van der Waals surface area contributed by atoms with Crippen molar-refractivity contribution in [3.63, 3.8) is 0 Å². The van der Waals surface area contributed by atoms with Gasteiger partial charge in [0.15, 0.2) is 5.41 Å². The van der Waals surface area contributed by atoms with E-state index in [1.807, 2.05) is 18.7 Å². The maximum Gasteiger partial charge on any atom is 0.329 e. The number of cyclic esters (lactones) is 2. The van der Waals surface area contributed by atoms with Gasteiger partial charge < -0.3 is 19.1 Å². The van der Waals surface area contributed by atoms with Crippen LogP contribution in [-0.2, 0) is 30.2 Å². The largest absolute Gasteiger partial charge is 0.422 e. The fraction of sp³-hybridized carbons (Fsp3) is 0.579. The second-order valence-corrected chi connectivity index (χ2v) is 8.15. The molecule has 0 aromatic heterocycles. The van der Waals surface area contributed by atoms with Crippen LogP contribution in [-0.4, -0.2) is 47.4 Å². The molecule has 4 rings (SSSR count). The van der Waals surface area contributed by atoms with Crippen molar-refractivity contribution in [3.05, 3.63) is 33.9 Å². The lowest BCUT2D eigenvalue weighted by Crippen LogP contribution is -2.71. The summed E-state index contributed by atoms with van der Waals surface area (Å²) < 4.78 is 16.9. The molecule has 2 fully saturated rings. The molecule has 3 aliphatic rings. The van der Waals surface area contributed by atoms with Gasteiger partial charge >= 0.3 is 11.9 Å². The number of carbonyl (C=O) groups excluding carboxylic acids is 2. The number of esters is 2. The Balaban J connectivity index is 1.90. The molecule has 2 saturated heterocycles. The fourth-order valence-corrected chi connectivity index (χ4v) is 4.67. The predicted octanol–water partition coefficient (Wildman–Crippen LogP) is 1.96. The molecule has 0 saturated carbocycles. The van der Waals surface area contributed by atoms with E-state index in [0.29, 0.717) is 12.1 Å². The quantitative estimate of drug-likeness (QED) is 0.310. The number of nitro groups is 1. The van der Waals surface area contributed by atoms with E-state index in [2.05, 4.69) is 0 Å². The highest BCUT2D eigenvalue weighted by Crippen LogP contribution is 2.50. The van der Waals surface area contributed by atoms with E-state index in [1.165, 1.54) is 26.0 Å². The molecular formula is C19H22N2O7. The molecule has 0 aliphatic carbocycles. The number of hydrogen-bond acceptors (Lipinski definition) is 8. The number of ether oxygens (including phenoxy) is 3. The first-order chi connectivity index (χ1) is 13.0. The summed E-state index contributed by atoms with van der Waals surface area (Å²) in [7, 11) is 0. The van der Waals surface area contributed by atoms with E-state index in [1.54, 1.807) is 6.07 Å². The summed E-state index contributed by atoms with van der Waals surface area (Å²) in [6.45, 7) is 7.15. The first-order valence-electron chi connectivity index (χ1n) is 9.21. The summed E-state index contributed by atoms with van der Waals surface area (Å²) in [4.78, 5) is 39.0. The summed E-state index contributed by atoms with van der Waals surface area (Å²) in [5.74, 6) is -2.74. The van der Waals surface area contributed by atoms with E-state index < -0.39 is 40.2 Å². The van der Waals surface area contributed by atoms with Gasteiger partial charge in [-0.2, -0.15) is 0 Å². The van der Waals surface area contributed by atoms with Crippen LogP contribution in [0.15, 0.2) is 18.2 Å². The molecule has 0 radical (unpaired) electrons. The number of hydrogen-bond donors (Lipinski definition) is 0. The molecule has 28 heavy (non-hydrogen) atoms. The lowest BCUT2D eigenvalue weighted by atomic mass is 9.68. The zero-order valence-corrected chi connectivity index (χ0v) is 16.1. The number of non-ortho nitro benzene ring substituents is 1. The SMILES string of the molecule is C[C@@H]1CN2c3ccc([N+](=O)[O-])cc3CC3(C(=O)OC(C)(C)OC3=O)[C@H]2[C@H](C)O1. The molecule has 1 aromatic rings. The van der Waals surface area contributed by atoms with Crippen molar-refractivity contribution in [2.24, 2.45) is 5.41 Å². The molecule has 0 unspecified atom stereocenters. The van der Waals surface area contributed by atoms with E-state index in [9.17, 15) is 19.7 Å². The molecule has 1 aromatic carbocycles. The molecule has 0 amide bonds. The van der Waals surface area contributed by atoms with Gasteiger partial charge in [0, 0.05) is 44.6 Å². The molecule has 0 bridgehead atoms. The monoisotopic (exact) mass is 390 g/mol. The van der Waals surface area contributed by atoms with Crippen molar-refractivity contribution in [1.29, 1.82) is 0 Å². The van der Waals surface area contributed by atoms with Crippen molar-refractivity contribution in [2.45, 2.75) is 58.2 Å². The fourth-order valence-electron chi connectivity index (χ4n) is 4.67. The summed E-state index contributed by atoms with van der Waals surface area (Å²) in [5, 5.41) is 11.2. The Morgan fingerprint density at radius 2 is 1.82 bits per heavy atom. The number of nitro benzene ring substituents is 1. The molecule has 9 nitrogen and oxygen atoms in total. The van der Waals surface area contributed by atoms with Gasteiger partial charge in [-0.15, -0.1) is 0 Å². The first-order valence-corrected chi connectivity index (χ1v) is 9.21. The average Bonchev–Trinajstić information content (AvgIpc) is 2.57. The van der Waals surface area contributed by atoms with Crippen LogP contribution >= 0.6 is 0 Å². The second kappa shape index (κ2) is 5.91. The van der Waals surface area contributed by atoms with Crippen molar-refractivity contribution < 1.29 is 28.7 Å². The number of fused-ring (bicyclic) bond motifs is 4. The van der Waals surface area contributed by atoms with Crippen molar-refractivity contribution in [3.8, 4) is 0 Å². The molecule has 1 spiro atoms. The number of carbonyl (C=O) groups is 2. The normalized spacial score (nSPS) is 30.1. The van der Waals surface area contributed by atoms with Crippen LogP contribution in [0.25, 0.3) is 0 Å². The van der Waals surface area contributed by atoms with Gasteiger partial charge in [-0.1, -0.05) is 0 Å². The number of morpholine rings is 1. The highest BCUT2D eigenvalue weighted by atomic mass is 16.7. The molecule has 150 valence electrons. The van der Waals surface area contributed by atoms with Gasteiger partial charge in [-0.25, -0.2) is 0 Å². The minimum Gasteiger partial charge on any atom is -0.422 e. The first kappa shape index (κ1) is 18.7. The van der Waals surface area contributed by atoms with Gasteiger partial charge in [0.05, 0.1) is 23.2 Å². The predicted molar refractivity (Wildman–Crippen MR) is 96.6 cm³/mol. The summed E-state index contributed by atoms with van der Waals surface area (Å²) in [6.07, 6.45) is -0.633. The van der Waals surface area contributed by atoms with E-state index in [4.69, 9.17) is 14.2 Å². The summed E-state index contributed by atoms with van der Waals surface area (Å²) in [6, 6.07) is 3.88. The Kier molecular flexibility index (Phi) is 3.94. The smallest absolute Gasteiger partial charge is 0.329 e. The number of anilines is 1. The number of nitrogens with zero attached hydrogens (tertiary/aromatic N) is 2. The van der Waals surface area contributed by atoms with Crippen LogP contribution in [0.2, 0.25) is 0 Å². The molecule has 9 heteroatoms. The summed E-state index contributed by atoms with van der Waals surface area (Å²) in [5.41, 5.74) is -0.439. The standard InChI is InChI=1S/C19H22N2O7/c1-10-9-20-14-6-5-13(21(24)25)7-12(14)8-19(15(20)11(2)26-10)16(22)27-18(3,4)28-17(19)23/h5-7,10-11,15H,8-9H2,1-4H3/t10-,11+,15-/m1/s1. The lowest BCUT2D eigenvalue weighted by molar-refractivity contribution is -0.384.